The highest BCUT2D eigenvalue weighted by Gasteiger charge is 2.13. The summed E-state index contributed by atoms with van der Waals surface area (Å²) in [6.45, 7) is 3.02. The third-order valence-electron chi connectivity index (χ3n) is 5.56. The average molecular weight is 439 g/mol. The molecule has 4 rings (SSSR count). The van der Waals surface area contributed by atoms with Gasteiger partial charge in [-0.3, -0.25) is 9.13 Å². The van der Waals surface area contributed by atoms with E-state index in [0.717, 1.165) is 28.8 Å². The van der Waals surface area contributed by atoms with E-state index in [-0.39, 0.29) is 11.3 Å². The zero-order chi connectivity index (χ0) is 23.2. The Morgan fingerprint density at radius 1 is 0.879 bits per heavy atom. The Balaban J connectivity index is 1.64. The van der Waals surface area contributed by atoms with Crippen molar-refractivity contribution in [3.05, 3.63) is 124 Å². The lowest BCUT2D eigenvalue weighted by Gasteiger charge is -2.09. The van der Waals surface area contributed by atoms with Crippen LogP contribution >= 0.6 is 0 Å². The molecule has 5 heteroatoms. The normalized spacial score (nSPS) is 11.2. The molecule has 0 amide bonds. The molecule has 0 unspecified atom stereocenters. The number of carboxylic acid groups (broad SMARTS) is 1. The summed E-state index contributed by atoms with van der Waals surface area (Å²) < 4.78 is 3.51. The maximum Gasteiger partial charge on any atom is 0.336 e. The van der Waals surface area contributed by atoms with Gasteiger partial charge in [0, 0.05) is 6.20 Å². The van der Waals surface area contributed by atoms with Crippen LogP contribution in [-0.2, 0) is 13.1 Å². The van der Waals surface area contributed by atoms with Crippen molar-refractivity contribution in [2.45, 2.75) is 26.4 Å². The topological polar surface area (TPSA) is 64.2 Å². The Kier molecular flexibility index (Phi) is 6.69. The molecule has 1 N–H and O–H groups in total. The molecule has 0 bridgehead atoms. The first kappa shape index (κ1) is 22.1. The van der Waals surface area contributed by atoms with Crippen LogP contribution in [0.5, 0.6) is 0 Å². The summed E-state index contributed by atoms with van der Waals surface area (Å²) in [7, 11) is 0. The predicted molar refractivity (Wildman–Crippen MR) is 132 cm³/mol. The molecule has 5 nitrogen and oxygen atoms in total. The minimum atomic E-state index is -0.951. The van der Waals surface area contributed by atoms with Crippen LogP contribution < -0.4 is 5.69 Å². The summed E-state index contributed by atoms with van der Waals surface area (Å²) in [5, 5.41) is 9.47. The van der Waals surface area contributed by atoms with Gasteiger partial charge in [0.25, 0.3) is 0 Å². The van der Waals surface area contributed by atoms with Gasteiger partial charge in [-0.2, -0.15) is 0 Å². The van der Waals surface area contributed by atoms with Gasteiger partial charge in [0.15, 0.2) is 0 Å². The molecule has 0 fully saturated rings. The first-order valence-corrected chi connectivity index (χ1v) is 11.0. The minimum absolute atomic E-state index is 0.0603. The van der Waals surface area contributed by atoms with Crippen LogP contribution in [0.1, 0.15) is 40.5 Å². The molecule has 0 aliphatic carbocycles. The molecule has 3 aromatic carbocycles. The first-order chi connectivity index (χ1) is 16.1. The van der Waals surface area contributed by atoms with E-state index in [1.807, 2.05) is 79.0 Å². The number of carbonyl (C=O) groups is 1. The predicted octanol–water partition coefficient (Wildman–Crippen LogP) is 5.53. The van der Waals surface area contributed by atoms with Crippen LogP contribution in [0, 0.1) is 0 Å². The molecule has 0 radical (unpaired) electrons. The van der Waals surface area contributed by atoms with Crippen LogP contribution in [0.3, 0.4) is 0 Å². The number of aromatic carboxylic acids is 1. The molecule has 1 heterocycles. The Hall–Kier alpha value is -4.12. The first-order valence-electron chi connectivity index (χ1n) is 11.0. The second-order valence-corrected chi connectivity index (χ2v) is 7.89. The van der Waals surface area contributed by atoms with E-state index in [1.54, 1.807) is 27.3 Å². The molecule has 0 atom stereocenters. The van der Waals surface area contributed by atoms with Crippen LogP contribution in [0.25, 0.3) is 17.2 Å². The number of allylic oxidation sites excluding steroid dienone is 1. The fourth-order valence-electron chi connectivity index (χ4n) is 3.87. The molecule has 0 saturated carbocycles. The number of rotatable bonds is 8. The van der Waals surface area contributed by atoms with Gasteiger partial charge in [-0.05, 0) is 40.8 Å². The lowest BCUT2D eigenvalue weighted by Crippen LogP contribution is -2.25. The van der Waals surface area contributed by atoms with Crippen LogP contribution in [-0.4, -0.2) is 20.2 Å². The summed E-state index contributed by atoms with van der Waals surface area (Å²) in [4.78, 5) is 24.7. The van der Waals surface area contributed by atoms with Crippen molar-refractivity contribution in [2.75, 3.05) is 0 Å². The van der Waals surface area contributed by atoms with E-state index >= 15 is 0 Å². The number of carboxylic acids is 1. The Labute approximate surface area is 192 Å². The fraction of sp³-hybridized carbons (Fsp3) is 0.143. The van der Waals surface area contributed by atoms with E-state index in [9.17, 15) is 14.7 Å². The van der Waals surface area contributed by atoms with Gasteiger partial charge >= 0.3 is 11.7 Å². The zero-order valence-electron chi connectivity index (χ0n) is 18.5. The lowest BCUT2D eigenvalue weighted by atomic mass is 9.99. The van der Waals surface area contributed by atoms with Gasteiger partial charge in [-0.15, -0.1) is 0 Å². The molecule has 0 aliphatic heterocycles. The molecule has 0 saturated heterocycles. The summed E-state index contributed by atoms with van der Waals surface area (Å²) in [6.07, 6.45) is 6.82. The number of benzene rings is 3. The maximum absolute atomic E-state index is 13.2. The largest absolute Gasteiger partial charge is 0.478 e. The van der Waals surface area contributed by atoms with Gasteiger partial charge in [0.2, 0.25) is 0 Å². The minimum Gasteiger partial charge on any atom is -0.478 e. The highest BCUT2D eigenvalue weighted by Crippen LogP contribution is 2.24. The quantitative estimate of drug-likeness (QED) is 0.393. The van der Waals surface area contributed by atoms with Gasteiger partial charge in [0.1, 0.15) is 0 Å². The standard InChI is InChI=1S/C28H26N2O3/c1-2-3-11-24-20-29(18-21-9-5-4-6-10-21)28(33)30(24)19-22-14-16-23(17-15-22)25-12-7-8-13-26(25)27(31)32/h3-17,20H,2,18-19H2,1H3,(H,31,32)/b11-3+. The van der Waals surface area contributed by atoms with E-state index in [1.165, 1.54) is 0 Å². The van der Waals surface area contributed by atoms with Gasteiger partial charge in [-0.25, -0.2) is 9.59 Å². The molecular weight excluding hydrogens is 412 g/mol. The van der Waals surface area contributed by atoms with Crippen LogP contribution in [0.2, 0.25) is 0 Å². The van der Waals surface area contributed by atoms with Crippen molar-refractivity contribution < 1.29 is 9.90 Å². The number of hydrogen-bond acceptors (Lipinski definition) is 2. The van der Waals surface area contributed by atoms with Gasteiger partial charge in [-0.1, -0.05) is 85.8 Å². The third-order valence-corrected chi connectivity index (χ3v) is 5.56. The molecule has 0 spiro atoms. The Bertz CT molecular complexity index is 1330. The summed E-state index contributed by atoms with van der Waals surface area (Å²) in [5.74, 6) is -0.951. The lowest BCUT2D eigenvalue weighted by molar-refractivity contribution is 0.0697. The fourth-order valence-corrected chi connectivity index (χ4v) is 3.87. The zero-order valence-corrected chi connectivity index (χ0v) is 18.5. The second-order valence-electron chi connectivity index (χ2n) is 7.89. The summed E-state index contributed by atoms with van der Waals surface area (Å²) in [6, 6.07) is 24.6. The smallest absolute Gasteiger partial charge is 0.336 e. The Morgan fingerprint density at radius 3 is 2.24 bits per heavy atom. The highest BCUT2D eigenvalue weighted by molar-refractivity contribution is 5.95. The van der Waals surface area contributed by atoms with Crippen molar-refractivity contribution in [1.82, 2.24) is 9.13 Å². The van der Waals surface area contributed by atoms with E-state index < -0.39 is 5.97 Å². The summed E-state index contributed by atoms with van der Waals surface area (Å²) in [5.41, 5.74) is 4.62. The van der Waals surface area contributed by atoms with Crippen molar-refractivity contribution >= 4 is 12.0 Å². The molecule has 33 heavy (non-hydrogen) atoms. The number of hydrogen-bond donors (Lipinski definition) is 1. The van der Waals surface area contributed by atoms with Crippen molar-refractivity contribution in [3.8, 4) is 11.1 Å². The number of aromatic nitrogens is 2. The highest BCUT2D eigenvalue weighted by atomic mass is 16.4. The SMILES string of the molecule is CC/C=C/c1cn(Cc2ccccc2)c(=O)n1Cc1ccc(-c2ccccc2C(=O)O)cc1. The van der Waals surface area contributed by atoms with Crippen LogP contribution in [0.15, 0.2) is 95.9 Å². The average Bonchev–Trinajstić information content (AvgIpc) is 3.13. The van der Waals surface area contributed by atoms with Crippen LogP contribution in [0.4, 0.5) is 0 Å². The Morgan fingerprint density at radius 2 is 1.55 bits per heavy atom. The molecule has 166 valence electrons. The maximum atomic E-state index is 13.2. The number of imidazole rings is 1. The molecular formula is C28H26N2O3. The van der Waals surface area contributed by atoms with Crippen molar-refractivity contribution in [3.63, 3.8) is 0 Å². The number of nitrogens with zero attached hydrogens (tertiary/aromatic N) is 2. The van der Waals surface area contributed by atoms with Crippen molar-refractivity contribution in [1.29, 1.82) is 0 Å². The molecule has 4 aromatic rings. The molecule has 0 aliphatic rings. The van der Waals surface area contributed by atoms with Gasteiger partial charge < -0.3 is 5.11 Å². The van der Waals surface area contributed by atoms with E-state index in [0.29, 0.717) is 18.7 Å². The summed E-state index contributed by atoms with van der Waals surface area (Å²) >= 11 is 0. The second kappa shape index (κ2) is 10.0. The van der Waals surface area contributed by atoms with Gasteiger partial charge in [0.05, 0.1) is 24.3 Å². The van der Waals surface area contributed by atoms with Crippen molar-refractivity contribution in [2.24, 2.45) is 0 Å². The third kappa shape index (κ3) is 5.04. The van der Waals surface area contributed by atoms with E-state index in [2.05, 4.69) is 6.92 Å². The van der Waals surface area contributed by atoms with E-state index in [4.69, 9.17) is 0 Å². The monoisotopic (exact) mass is 438 g/mol. The molecule has 1 aromatic heterocycles.